The molecule has 2 fully saturated rings. The van der Waals surface area contributed by atoms with Crippen LogP contribution in [0.15, 0.2) is 0 Å². The summed E-state index contributed by atoms with van der Waals surface area (Å²) in [6.07, 6.45) is 3.09. The highest BCUT2D eigenvalue weighted by Crippen LogP contribution is 2.57. The Morgan fingerprint density at radius 3 is 2.73 bits per heavy atom. The van der Waals surface area contributed by atoms with Crippen LogP contribution in [0.4, 0.5) is 0 Å². The summed E-state index contributed by atoms with van der Waals surface area (Å²) >= 11 is 0. The first-order valence-electron chi connectivity index (χ1n) is 5.32. The number of carbonyl (C=O) groups excluding carboxylic acids is 2. The zero-order valence-electron chi connectivity index (χ0n) is 8.66. The predicted molar refractivity (Wildman–Crippen MR) is 51.2 cm³/mol. The summed E-state index contributed by atoms with van der Waals surface area (Å²) in [5, 5.41) is 8.70. The van der Waals surface area contributed by atoms with Crippen LogP contribution in [0, 0.1) is 17.3 Å². The van der Waals surface area contributed by atoms with Crippen molar-refractivity contribution in [2.75, 3.05) is 0 Å². The third-order valence-electron chi connectivity index (χ3n) is 4.12. The van der Waals surface area contributed by atoms with Crippen molar-refractivity contribution in [2.45, 2.75) is 32.6 Å². The molecule has 0 saturated heterocycles. The van der Waals surface area contributed by atoms with Crippen molar-refractivity contribution in [3.63, 3.8) is 0 Å². The lowest BCUT2D eigenvalue weighted by atomic mass is 9.70. The fourth-order valence-corrected chi connectivity index (χ4v) is 3.26. The monoisotopic (exact) mass is 210 g/mol. The van der Waals surface area contributed by atoms with Crippen LogP contribution < -0.4 is 0 Å². The van der Waals surface area contributed by atoms with Crippen molar-refractivity contribution >= 4 is 17.5 Å². The van der Waals surface area contributed by atoms with E-state index in [9.17, 15) is 14.4 Å². The molecule has 2 bridgehead atoms. The Bertz CT molecular complexity index is 346. The summed E-state index contributed by atoms with van der Waals surface area (Å²) in [6.45, 7) is 1.93. The molecule has 2 saturated carbocycles. The quantitative estimate of drug-likeness (QED) is 0.558. The van der Waals surface area contributed by atoms with Crippen LogP contribution in [-0.2, 0) is 14.4 Å². The van der Waals surface area contributed by atoms with Gasteiger partial charge in [-0.1, -0.05) is 6.92 Å². The van der Waals surface area contributed by atoms with Gasteiger partial charge in [-0.3, -0.25) is 9.59 Å². The molecule has 82 valence electrons. The van der Waals surface area contributed by atoms with E-state index in [1.807, 2.05) is 6.92 Å². The molecular weight excluding hydrogens is 196 g/mol. The zero-order chi connectivity index (χ0) is 11.2. The number of carbonyl (C=O) groups is 3. The van der Waals surface area contributed by atoms with Gasteiger partial charge in [0.25, 0.3) is 5.78 Å². The maximum Gasteiger partial charge on any atom is 0.372 e. The first kappa shape index (κ1) is 10.3. The molecule has 4 nitrogen and oxygen atoms in total. The van der Waals surface area contributed by atoms with Gasteiger partial charge in [0.15, 0.2) is 0 Å². The Labute approximate surface area is 87.7 Å². The molecule has 3 unspecified atom stereocenters. The molecule has 4 heteroatoms. The lowest BCUT2D eigenvalue weighted by Crippen LogP contribution is -2.40. The molecule has 0 aromatic heterocycles. The highest BCUT2D eigenvalue weighted by molar-refractivity contribution is 6.38. The molecule has 0 heterocycles. The van der Waals surface area contributed by atoms with Crippen molar-refractivity contribution in [1.29, 1.82) is 0 Å². The van der Waals surface area contributed by atoms with Gasteiger partial charge in [0.2, 0.25) is 0 Å². The van der Waals surface area contributed by atoms with Crippen LogP contribution in [0.5, 0.6) is 0 Å². The van der Waals surface area contributed by atoms with Gasteiger partial charge in [0.1, 0.15) is 5.78 Å². The maximum atomic E-state index is 11.8. The van der Waals surface area contributed by atoms with Crippen molar-refractivity contribution in [1.82, 2.24) is 0 Å². The topological polar surface area (TPSA) is 71.4 Å². The number of Topliss-reactive ketones (excluding diaryl/α,β-unsaturated/α-hetero) is 2. The predicted octanol–water partition coefficient (Wildman–Crippen LogP) is 1.04. The third kappa shape index (κ3) is 1.24. The Balaban J connectivity index is 2.35. The molecule has 2 aliphatic rings. The van der Waals surface area contributed by atoms with Gasteiger partial charge in [-0.25, -0.2) is 4.79 Å². The van der Waals surface area contributed by atoms with E-state index in [-0.39, 0.29) is 17.1 Å². The van der Waals surface area contributed by atoms with Gasteiger partial charge in [0, 0.05) is 5.92 Å². The van der Waals surface area contributed by atoms with Gasteiger partial charge < -0.3 is 5.11 Å². The van der Waals surface area contributed by atoms with Crippen molar-refractivity contribution in [2.24, 2.45) is 17.3 Å². The highest BCUT2D eigenvalue weighted by atomic mass is 16.4. The fourth-order valence-electron chi connectivity index (χ4n) is 3.26. The minimum Gasteiger partial charge on any atom is -0.475 e. The minimum atomic E-state index is -1.46. The van der Waals surface area contributed by atoms with E-state index < -0.39 is 17.7 Å². The molecule has 2 aliphatic carbocycles. The molecule has 1 N–H and O–H groups in total. The SMILES string of the molecule is CCC12CCC(C1)C(=O)C2C(=O)C(=O)O. The van der Waals surface area contributed by atoms with E-state index in [2.05, 4.69) is 0 Å². The summed E-state index contributed by atoms with van der Waals surface area (Å²) in [7, 11) is 0. The average molecular weight is 210 g/mol. The molecule has 2 rings (SSSR count). The zero-order valence-corrected chi connectivity index (χ0v) is 8.66. The Kier molecular flexibility index (Phi) is 2.17. The molecule has 0 radical (unpaired) electrons. The number of rotatable bonds is 3. The number of carboxylic acid groups (broad SMARTS) is 1. The number of ketones is 2. The number of carboxylic acids is 1. The molecule has 0 aromatic rings. The molecule has 15 heavy (non-hydrogen) atoms. The molecule has 3 atom stereocenters. The maximum absolute atomic E-state index is 11.8. The number of fused-ring (bicyclic) bond motifs is 2. The van der Waals surface area contributed by atoms with Crippen molar-refractivity contribution in [3.8, 4) is 0 Å². The second-order valence-corrected chi connectivity index (χ2v) is 4.66. The van der Waals surface area contributed by atoms with Gasteiger partial charge in [0.05, 0.1) is 5.92 Å². The number of hydrogen-bond acceptors (Lipinski definition) is 3. The van der Waals surface area contributed by atoms with Crippen LogP contribution in [-0.4, -0.2) is 22.6 Å². The highest BCUT2D eigenvalue weighted by Gasteiger charge is 2.60. The van der Waals surface area contributed by atoms with E-state index in [0.29, 0.717) is 6.42 Å². The summed E-state index contributed by atoms with van der Waals surface area (Å²) < 4.78 is 0. The normalized spacial score (nSPS) is 38.3. The Morgan fingerprint density at radius 1 is 1.53 bits per heavy atom. The molecule has 0 spiro atoms. The largest absolute Gasteiger partial charge is 0.475 e. The van der Waals surface area contributed by atoms with Crippen LogP contribution in [0.2, 0.25) is 0 Å². The van der Waals surface area contributed by atoms with Crippen LogP contribution in [0.3, 0.4) is 0 Å². The van der Waals surface area contributed by atoms with Gasteiger partial charge in [-0.2, -0.15) is 0 Å². The average Bonchev–Trinajstić information content (AvgIpc) is 2.73. The first-order chi connectivity index (χ1) is 7.02. The Hall–Kier alpha value is -1.19. The lowest BCUT2D eigenvalue weighted by Gasteiger charge is -2.30. The number of aliphatic carboxylic acids is 1. The van der Waals surface area contributed by atoms with E-state index in [4.69, 9.17) is 5.11 Å². The molecular formula is C11H14O4. The van der Waals surface area contributed by atoms with Gasteiger partial charge in [-0.05, 0) is 31.1 Å². The van der Waals surface area contributed by atoms with E-state index >= 15 is 0 Å². The molecule has 0 aromatic carbocycles. The van der Waals surface area contributed by atoms with E-state index in [1.54, 1.807) is 0 Å². The second kappa shape index (κ2) is 3.15. The summed E-state index contributed by atoms with van der Waals surface area (Å²) in [4.78, 5) is 33.9. The van der Waals surface area contributed by atoms with Crippen LogP contribution >= 0.6 is 0 Å². The van der Waals surface area contributed by atoms with Crippen molar-refractivity contribution in [3.05, 3.63) is 0 Å². The smallest absolute Gasteiger partial charge is 0.372 e. The van der Waals surface area contributed by atoms with E-state index in [0.717, 1.165) is 19.3 Å². The number of hydrogen-bond donors (Lipinski definition) is 1. The molecule has 0 aliphatic heterocycles. The van der Waals surface area contributed by atoms with Crippen LogP contribution in [0.25, 0.3) is 0 Å². The van der Waals surface area contributed by atoms with E-state index in [1.165, 1.54) is 0 Å². The third-order valence-corrected chi connectivity index (χ3v) is 4.12. The first-order valence-corrected chi connectivity index (χ1v) is 5.32. The summed E-state index contributed by atoms with van der Waals surface area (Å²) in [5.74, 6) is -3.41. The lowest BCUT2D eigenvalue weighted by molar-refractivity contribution is -0.155. The summed E-state index contributed by atoms with van der Waals surface area (Å²) in [5.41, 5.74) is -0.336. The van der Waals surface area contributed by atoms with Gasteiger partial charge >= 0.3 is 5.97 Å². The second-order valence-electron chi connectivity index (χ2n) is 4.66. The summed E-state index contributed by atoms with van der Waals surface area (Å²) in [6, 6.07) is 0. The Morgan fingerprint density at radius 2 is 2.20 bits per heavy atom. The van der Waals surface area contributed by atoms with Gasteiger partial charge in [-0.15, -0.1) is 0 Å². The standard InChI is InChI=1S/C11H14O4/c1-2-11-4-3-6(5-11)8(12)7(11)9(13)10(14)15/h6-7H,2-5H2,1H3,(H,14,15). The minimum absolute atomic E-state index is 0.0572. The fraction of sp³-hybridized carbons (Fsp3) is 0.727. The van der Waals surface area contributed by atoms with Crippen molar-refractivity contribution < 1.29 is 19.5 Å². The molecule has 0 amide bonds. The van der Waals surface area contributed by atoms with Crippen LogP contribution in [0.1, 0.15) is 32.6 Å².